The van der Waals surface area contributed by atoms with Gasteiger partial charge in [0.15, 0.2) is 5.82 Å². The van der Waals surface area contributed by atoms with Gasteiger partial charge < -0.3 is 19.5 Å². The van der Waals surface area contributed by atoms with Crippen molar-refractivity contribution >= 4 is 33.6 Å². The minimum absolute atomic E-state index is 0.00362. The van der Waals surface area contributed by atoms with Crippen LogP contribution in [0.25, 0.3) is 32.9 Å². The molecule has 7 heterocycles. The third-order valence-corrected chi connectivity index (χ3v) is 11.5. The minimum atomic E-state index is -1.68. The zero-order valence-electron chi connectivity index (χ0n) is 27.5. The maximum absolute atomic E-state index is 17.2. The molecular formula is C37H32F4N6O4. The standard InChI is InChI=1S/C37H32F4N6O4/c1-3-22-24(38)10-8-19-6-4-7-23(26(19)22)29-28(39)30-27-33(44-35(43-30)50-17-37-12-5-13-45(37)15-20(14-37)32(40)41)46-16-21-9-11-25(47(21)36(48)49)31(46)18(2)51-34(27)42-29/h1,4,6-8,10,18,21,25,31H,5,9,11-17H2,2H3,(H,48,49). The van der Waals surface area contributed by atoms with Crippen LogP contribution < -0.4 is 14.4 Å². The monoisotopic (exact) mass is 700 g/mol. The van der Waals surface area contributed by atoms with E-state index in [1.54, 1.807) is 24.3 Å². The molecule has 4 saturated heterocycles. The number of benzene rings is 2. The highest BCUT2D eigenvalue weighted by Crippen LogP contribution is 2.48. The van der Waals surface area contributed by atoms with Gasteiger partial charge in [-0.1, -0.05) is 30.2 Å². The van der Waals surface area contributed by atoms with Crippen molar-refractivity contribution in [2.45, 2.75) is 68.8 Å². The first kappa shape index (κ1) is 31.8. The van der Waals surface area contributed by atoms with Crippen molar-refractivity contribution in [1.29, 1.82) is 0 Å². The number of hydrogen-bond acceptors (Lipinski definition) is 8. The summed E-state index contributed by atoms with van der Waals surface area (Å²) in [5, 5.41) is 11.2. The predicted octanol–water partition coefficient (Wildman–Crippen LogP) is 6.35. The van der Waals surface area contributed by atoms with Crippen LogP contribution >= 0.6 is 0 Å². The van der Waals surface area contributed by atoms with Gasteiger partial charge in [0.05, 0.1) is 29.2 Å². The van der Waals surface area contributed by atoms with Crippen molar-refractivity contribution in [2.75, 3.05) is 31.1 Å². The number of ether oxygens (including phenoxy) is 2. The summed E-state index contributed by atoms with van der Waals surface area (Å²) < 4.78 is 72.4. The number of piperazine rings is 1. The molecule has 0 aliphatic carbocycles. The van der Waals surface area contributed by atoms with Gasteiger partial charge in [-0.25, -0.2) is 18.6 Å². The molecule has 14 heteroatoms. The Morgan fingerprint density at radius 2 is 2.00 bits per heavy atom. The number of carboxylic acid groups (broad SMARTS) is 1. The molecule has 4 aromatic rings. The molecule has 9 rings (SSSR count). The average molecular weight is 701 g/mol. The molecule has 5 atom stereocenters. The summed E-state index contributed by atoms with van der Waals surface area (Å²) in [4.78, 5) is 31.9. The van der Waals surface area contributed by atoms with Crippen LogP contribution in [0.2, 0.25) is 0 Å². The topological polar surface area (TPSA) is 104 Å². The van der Waals surface area contributed by atoms with E-state index < -0.39 is 47.5 Å². The number of rotatable bonds is 4. The third kappa shape index (κ3) is 4.66. The maximum Gasteiger partial charge on any atom is 0.407 e. The van der Waals surface area contributed by atoms with Gasteiger partial charge in [-0.2, -0.15) is 18.7 Å². The molecule has 5 aliphatic rings. The second kappa shape index (κ2) is 11.4. The molecule has 4 fully saturated rings. The third-order valence-electron chi connectivity index (χ3n) is 11.5. The van der Waals surface area contributed by atoms with Crippen LogP contribution in [0.5, 0.6) is 11.9 Å². The highest BCUT2D eigenvalue weighted by Gasteiger charge is 2.53. The molecule has 1 N–H and O–H groups in total. The van der Waals surface area contributed by atoms with Crippen LogP contribution in [0.3, 0.4) is 0 Å². The van der Waals surface area contributed by atoms with E-state index in [0.29, 0.717) is 36.6 Å². The quantitative estimate of drug-likeness (QED) is 0.193. The minimum Gasteiger partial charge on any atom is -0.472 e. The zero-order valence-corrected chi connectivity index (χ0v) is 27.5. The number of pyridine rings is 1. The Labute approximate surface area is 289 Å². The SMILES string of the molecule is C#Cc1c(F)ccc2cccc(-c3nc4c5c(nc(OCC67CCCN6CC(=C(F)F)C7)nc5c3F)N3CC5CCC(C3C(C)O4)N5C(=O)O)c12. The highest BCUT2D eigenvalue weighted by atomic mass is 19.3. The lowest BCUT2D eigenvalue weighted by atomic mass is 9.94. The van der Waals surface area contributed by atoms with Gasteiger partial charge in [-0.05, 0) is 57.0 Å². The lowest BCUT2D eigenvalue weighted by Gasteiger charge is -2.47. The summed E-state index contributed by atoms with van der Waals surface area (Å²) in [6, 6.07) is 6.41. The maximum atomic E-state index is 17.2. The summed E-state index contributed by atoms with van der Waals surface area (Å²) in [7, 11) is 0. The van der Waals surface area contributed by atoms with Crippen LogP contribution in [0.1, 0.15) is 44.6 Å². The van der Waals surface area contributed by atoms with Gasteiger partial charge in [0.1, 0.15) is 40.9 Å². The number of carbonyl (C=O) groups is 1. The number of anilines is 1. The fourth-order valence-corrected chi connectivity index (χ4v) is 9.32. The van der Waals surface area contributed by atoms with E-state index in [0.717, 1.165) is 6.42 Å². The number of terminal acetylenes is 1. The molecule has 51 heavy (non-hydrogen) atoms. The van der Waals surface area contributed by atoms with Crippen LogP contribution in [0.15, 0.2) is 42.0 Å². The van der Waals surface area contributed by atoms with Crippen molar-refractivity contribution in [3.05, 3.63) is 59.2 Å². The number of halogens is 4. The van der Waals surface area contributed by atoms with E-state index in [2.05, 4.69) is 10.9 Å². The van der Waals surface area contributed by atoms with E-state index in [1.165, 1.54) is 11.0 Å². The normalized spacial score (nSPS) is 26.5. The molecule has 0 saturated carbocycles. The first-order valence-corrected chi connectivity index (χ1v) is 17.0. The summed E-state index contributed by atoms with van der Waals surface area (Å²) in [5.41, 5.74) is -0.751. The molecular weight excluding hydrogens is 668 g/mol. The lowest BCUT2D eigenvalue weighted by Crippen LogP contribution is -2.64. The van der Waals surface area contributed by atoms with E-state index in [1.807, 2.05) is 16.7 Å². The molecule has 5 unspecified atom stereocenters. The highest BCUT2D eigenvalue weighted by molar-refractivity contribution is 6.03. The number of hydrogen-bond donors (Lipinski definition) is 1. The number of aromatic nitrogens is 3. The van der Waals surface area contributed by atoms with Gasteiger partial charge in [0.25, 0.3) is 6.08 Å². The number of nitrogens with zero attached hydrogens (tertiary/aromatic N) is 6. The fourth-order valence-electron chi connectivity index (χ4n) is 9.32. The Kier molecular flexibility index (Phi) is 7.12. The lowest BCUT2D eigenvalue weighted by molar-refractivity contribution is 0.0706. The Morgan fingerprint density at radius 3 is 2.78 bits per heavy atom. The zero-order chi connectivity index (χ0) is 35.3. The Morgan fingerprint density at radius 1 is 1.16 bits per heavy atom. The molecule has 0 spiro atoms. The van der Waals surface area contributed by atoms with E-state index in [-0.39, 0.29) is 83.2 Å². The molecule has 5 aliphatic heterocycles. The van der Waals surface area contributed by atoms with Crippen LogP contribution in [-0.4, -0.2) is 92.0 Å². The van der Waals surface area contributed by atoms with Crippen LogP contribution in [0.4, 0.5) is 28.2 Å². The number of amides is 1. The fraction of sp³-hybridized carbons (Fsp3) is 0.405. The summed E-state index contributed by atoms with van der Waals surface area (Å²) >= 11 is 0. The molecule has 2 aromatic carbocycles. The van der Waals surface area contributed by atoms with E-state index in [4.69, 9.17) is 25.9 Å². The van der Waals surface area contributed by atoms with Gasteiger partial charge in [-0.15, -0.1) is 6.42 Å². The first-order valence-electron chi connectivity index (χ1n) is 17.0. The summed E-state index contributed by atoms with van der Waals surface area (Å²) in [5.74, 6) is 1.23. The van der Waals surface area contributed by atoms with Crippen molar-refractivity contribution in [3.8, 4) is 35.5 Å². The van der Waals surface area contributed by atoms with E-state index in [9.17, 15) is 18.7 Å². The Hall–Kier alpha value is -5.16. The smallest absolute Gasteiger partial charge is 0.407 e. The molecule has 1 amide bonds. The second-order valence-corrected chi connectivity index (χ2v) is 14.1. The average Bonchev–Trinajstić information content (AvgIpc) is 3.75. The molecule has 10 nitrogen and oxygen atoms in total. The second-order valence-electron chi connectivity index (χ2n) is 14.1. The van der Waals surface area contributed by atoms with Crippen LogP contribution in [-0.2, 0) is 0 Å². The van der Waals surface area contributed by atoms with Gasteiger partial charge in [0.2, 0.25) is 5.88 Å². The Bertz CT molecular complexity index is 2240. The largest absolute Gasteiger partial charge is 0.472 e. The molecule has 2 bridgehead atoms. The summed E-state index contributed by atoms with van der Waals surface area (Å²) in [6.07, 6.45) is 5.26. The van der Waals surface area contributed by atoms with Crippen LogP contribution in [0, 0.1) is 24.0 Å². The van der Waals surface area contributed by atoms with Crippen molar-refractivity contribution in [2.24, 2.45) is 0 Å². The molecule has 262 valence electrons. The molecule has 0 radical (unpaired) electrons. The van der Waals surface area contributed by atoms with Crippen molar-refractivity contribution < 1.29 is 36.9 Å². The van der Waals surface area contributed by atoms with Gasteiger partial charge >= 0.3 is 12.1 Å². The van der Waals surface area contributed by atoms with Gasteiger partial charge in [0, 0.05) is 29.6 Å². The van der Waals surface area contributed by atoms with Crippen molar-refractivity contribution in [3.63, 3.8) is 0 Å². The predicted molar refractivity (Wildman–Crippen MR) is 179 cm³/mol. The first-order chi connectivity index (χ1) is 24.6. The van der Waals surface area contributed by atoms with Crippen molar-refractivity contribution in [1.82, 2.24) is 24.8 Å². The van der Waals surface area contributed by atoms with Gasteiger partial charge in [-0.3, -0.25) is 9.80 Å². The summed E-state index contributed by atoms with van der Waals surface area (Å²) in [6.45, 7) is 2.89. The molecule has 2 aromatic heterocycles. The van der Waals surface area contributed by atoms with E-state index >= 15 is 8.78 Å². The number of fused-ring (bicyclic) bond motifs is 7. The Balaban J connectivity index is 1.24.